The second kappa shape index (κ2) is 5.29. The van der Waals surface area contributed by atoms with E-state index in [0.717, 1.165) is 24.6 Å². The summed E-state index contributed by atoms with van der Waals surface area (Å²) in [7, 11) is 0. The van der Waals surface area contributed by atoms with E-state index in [4.69, 9.17) is 4.98 Å². The van der Waals surface area contributed by atoms with Crippen molar-refractivity contribution in [2.75, 3.05) is 11.9 Å². The molecule has 1 fully saturated rings. The van der Waals surface area contributed by atoms with E-state index in [0.29, 0.717) is 5.92 Å². The molecule has 0 saturated heterocycles. The molecule has 1 N–H and O–H groups in total. The van der Waals surface area contributed by atoms with Gasteiger partial charge in [-0.25, -0.2) is 9.97 Å². The Morgan fingerprint density at radius 3 is 2.74 bits per heavy atom. The standard InChI is InChI=1S/C15H19N3S/c1-3-11-7-8-13(19-11)15-17-12(10-5-6-10)9-14(18-15)16-4-2/h7-10H,3-6H2,1-2H3,(H,16,17,18). The molecule has 0 spiro atoms. The fourth-order valence-electron chi connectivity index (χ4n) is 2.12. The zero-order valence-electron chi connectivity index (χ0n) is 11.4. The van der Waals surface area contributed by atoms with Crippen molar-refractivity contribution in [3.8, 4) is 10.7 Å². The van der Waals surface area contributed by atoms with Crippen molar-refractivity contribution in [2.45, 2.75) is 39.0 Å². The number of nitrogens with zero attached hydrogens (tertiary/aromatic N) is 2. The van der Waals surface area contributed by atoms with Crippen molar-refractivity contribution in [3.63, 3.8) is 0 Å². The summed E-state index contributed by atoms with van der Waals surface area (Å²) in [6, 6.07) is 6.43. The maximum atomic E-state index is 4.75. The fourth-order valence-corrected chi connectivity index (χ4v) is 3.01. The molecule has 0 aromatic carbocycles. The Hall–Kier alpha value is -1.42. The first-order valence-electron chi connectivity index (χ1n) is 7.02. The molecule has 19 heavy (non-hydrogen) atoms. The molecule has 0 aliphatic heterocycles. The molecule has 100 valence electrons. The lowest BCUT2D eigenvalue weighted by Gasteiger charge is -2.07. The molecule has 4 heteroatoms. The summed E-state index contributed by atoms with van der Waals surface area (Å²) in [5, 5.41) is 3.32. The molecule has 0 atom stereocenters. The molecule has 1 aliphatic rings. The summed E-state index contributed by atoms with van der Waals surface area (Å²) in [4.78, 5) is 12.0. The van der Waals surface area contributed by atoms with Crippen LogP contribution in [0, 0.1) is 0 Å². The van der Waals surface area contributed by atoms with E-state index in [1.165, 1.54) is 28.3 Å². The number of aromatic nitrogens is 2. The zero-order valence-corrected chi connectivity index (χ0v) is 12.3. The van der Waals surface area contributed by atoms with E-state index >= 15 is 0 Å². The van der Waals surface area contributed by atoms with Crippen molar-refractivity contribution < 1.29 is 0 Å². The molecule has 0 bridgehead atoms. The van der Waals surface area contributed by atoms with Crippen LogP contribution < -0.4 is 5.32 Å². The molecule has 2 heterocycles. The Labute approximate surface area is 118 Å². The highest BCUT2D eigenvalue weighted by atomic mass is 32.1. The highest BCUT2D eigenvalue weighted by molar-refractivity contribution is 7.15. The molecule has 1 saturated carbocycles. The third kappa shape index (κ3) is 2.78. The molecular formula is C15H19N3S. The third-order valence-electron chi connectivity index (χ3n) is 3.33. The first kappa shape index (κ1) is 12.6. The minimum Gasteiger partial charge on any atom is -0.370 e. The lowest BCUT2D eigenvalue weighted by atomic mass is 10.2. The largest absolute Gasteiger partial charge is 0.370 e. The molecule has 3 nitrogen and oxygen atoms in total. The van der Waals surface area contributed by atoms with Gasteiger partial charge in [-0.15, -0.1) is 11.3 Å². The molecule has 2 aromatic heterocycles. The quantitative estimate of drug-likeness (QED) is 0.892. The van der Waals surface area contributed by atoms with Gasteiger partial charge < -0.3 is 5.32 Å². The van der Waals surface area contributed by atoms with E-state index in [9.17, 15) is 0 Å². The van der Waals surface area contributed by atoms with E-state index in [2.05, 4.69) is 42.3 Å². The van der Waals surface area contributed by atoms with Crippen LogP contribution in [-0.4, -0.2) is 16.5 Å². The Morgan fingerprint density at radius 2 is 2.11 bits per heavy atom. The van der Waals surface area contributed by atoms with Crippen molar-refractivity contribution >= 4 is 17.2 Å². The second-order valence-corrected chi connectivity index (χ2v) is 6.09. The van der Waals surface area contributed by atoms with Crippen LogP contribution in [0.25, 0.3) is 10.7 Å². The van der Waals surface area contributed by atoms with Gasteiger partial charge in [0.15, 0.2) is 5.82 Å². The number of hydrogen-bond donors (Lipinski definition) is 1. The van der Waals surface area contributed by atoms with Gasteiger partial charge in [-0.05, 0) is 38.3 Å². The van der Waals surface area contributed by atoms with Gasteiger partial charge in [0.1, 0.15) is 5.82 Å². The summed E-state index contributed by atoms with van der Waals surface area (Å²) in [6.07, 6.45) is 3.62. The maximum absolute atomic E-state index is 4.75. The van der Waals surface area contributed by atoms with Gasteiger partial charge in [0.05, 0.1) is 4.88 Å². The molecule has 0 radical (unpaired) electrons. The lowest BCUT2D eigenvalue weighted by Crippen LogP contribution is -2.03. The highest BCUT2D eigenvalue weighted by Crippen LogP contribution is 2.40. The monoisotopic (exact) mass is 273 g/mol. The Bertz CT molecular complexity index is 573. The van der Waals surface area contributed by atoms with Crippen molar-refractivity contribution in [1.29, 1.82) is 0 Å². The minimum absolute atomic E-state index is 0.657. The smallest absolute Gasteiger partial charge is 0.171 e. The van der Waals surface area contributed by atoms with Crippen LogP contribution in [0.2, 0.25) is 0 Å². The normalized spacial score (nSPS) is 14.6. The van der Waals surface area contributed by atoms with E-state index in [-0.39, 0.29) is 0 Å². The van der Waals surface area contributed by atoms with Gasteiger partial charge in [-0.1, -0.05) is 6.92 Å². The van der Waals surface area contributed by atoms with Crippen LogP contribution in [0.1, 0.15) is 43.2 Å². The number of hydrogen-bond acceptors (Lipinski definition) is 4. The summed E-state index contributed by atoms with van der Waals surface area (Å²) < 4.78 is 0. The lowest BCUT2D eigenvalue weighted by molar-refractivity contribution is 0.990. The van der Waals surface area contributed by atoms with Gasteiger partial charge in [0.25, 0.3) is 0 Å². The van der Waals surface area contributed by atoms with Crippen LogP contribution in [0.15, 0.2) is 18.2 Å². The van der Waals surface area contributed by atoms with Crippen LogP contribution >= 0.6 is 11.3 Å². The summed E-state index contributed by atoms with van der Waals surface area (Å²) >= 11 is 1.80. The van der Waals surface area contributed by atoms with Gasteiger partial charge in [0.2, 0.25) is 0 Å². The summed E-state index contributed by atoms with van der Waals surface area (Å²) in [6.45, 7) is 5.17. The zero-order chi connectivity index (χ0) is 13.2. The van der Waals surface area contributed by atoms with Crippen LogP contribution in [0.3, 0.4) is 0 Å². The first-order chi connectivity index (χ1) is 9.30. The first-order valence-corrected chi connectivity index (χ1v) is 7.83. The van der Waals surface area contributed by atoms with Crippen LogP contribution in [0.4, 0.5) is 5.82 Å². The van der Waals surface area contributed by atoms with Crippen molar-refractivity contribution in [1.82, 2.24) is 9.97 Å². The van der Waals surface area contributed by atoms with Gasteiger partial charge >= 0.3 is 0 Å². The number of nitrogens with one attached hydrogen (secondary N) is 1. The molecule has 0 amide bonds. The molecule has 2 aromatic rings. The molecular weight excluding hydrogens is 254 g/mol. The van der Waals surface area contributed by atoms with Crippen molar-refractivity contribution in [3.05, 3.63) is 28.8 Å². The average molecular weight is 273 g/mol. The maximum Gasteiger partial charge on any atom is 0.171 e. The fraction of sp³-hybridized carbons (Fsp3) is 0.467. The SMILES string of the molecule is CCNc1cc(C2CC2)nc(-c2ccc(CC)s2)n1. The second-order valence-electron chi connectivity index (χ2n) is 4.93. The average Bonchev–Trinajstić information content (AvgIpc) is 3.16. The van der Waals surface area contributed by atoms with Crippen LogP contribution in [-0.2, 0) is 6.42 Å². The van der Waals surface area contributed by atoms with Gasteiger partial charge in [-0.3, -0.25) is 0 Å². The number of anilines is 1. The van der Waals surface area contributed by atoms with Gasteiger partial charge in [0, 0.05) is 29.1 Å². The number of aryl methyl sites for hydroxylation is 1. The van der Waals surface area contributed by atoms with Gasteiger partial charge in [-0.2, -0.15) is 0 Å². The third-order valence-corrected chi connectivity index (χ3v) is 4.56. The molecule has 3 rings (SSSR count). The van der Waals surface area contributed by atoms with E-state index < -0.39 is 0 Å². The van der Waals surface area contributed by atoms with Crippen molar-refractivity contribution in [2.24, 2.45) is 0 Å². The predicted molar refractivity (Wildman–Crippen MR) is 80.9 cm³/mol. The van der Waals surface area contributed by atoms with E-state index in [1.54, 1.807) is 11.3 Å². The van der Waals surface area contributed by atoms with E-state index in [1.807, 2.05) is 0 Å². The summed E-state index contributed by atoms with van der Waals surface area (Å²) in [5.74, 6) is 2.50. The number of thiophene rings is 1. The van der Waals surface area contributed by atoms with Crippen LogP contribution in [0.5, 0.6) is 0 Å². The number of rotatable bonds is 5. The highest BCUT2D eigenvalue weighted by Gasteiger charge is 2.26. The summed E-state index contributed by atoms with van der Waals surface area (Å²) in [5.41, 5.74) is 1.20. The Kier molecular flexibility index (Phi) is 3.51. The Balaban J connectivity index is 1.98. The minimum atomic E-state index is 0.657. The molecule has 0 unspecified atom stereocenters. The molecule has 1 aliphatic carbocycles. The topological polar surface area (TPSA) is 37.8 Å². The predicted octanol–water partition coefficient (Wildman–Crippen LogP) is 4.08. The Morgan fingerprint density at radius 1 is 1.26 bits per heavy atom.